The van der Waals surface area contributed by atoms with Crippen molar-refractivity contribution in [3.05, 3.63) is 53.0 Å². The Hall–Kier alpha value is -1.75. The highest BCUT2D eigenvalue weighted by atomic mass is 79.9. The number of carbonyl (C=O) groups excluding carboxylic acids is 1. The van der Waals surface area contributed by atoms with E-state index in [1.165, 1.54) is 0 Å². The summed E-state index contributed by atoms with van der Waals surface area (Å²) in [7, 11) is 1.72. The van der Waals surface area contributed by atoms with Gasteiger partial charge in [0.25, 0.3) is 5.91 Å². The largest absolute Gasteiger partial charge is 0.311 e. The van der Waals surface area contributed by atoms with E-state index in [-0.39, 0.29) is 5.91 Å². The predicted octanol–water partition coefficient (Wildman–Crippen LogP) is 2.52. The number of hydrogen-bond acceptors (Lipinski definition) is 3. The van der Waals surface area contributed by atoms with Crippen molar-refractivity contribution in [1.29, 1.82) is 0 Å². The second-order valence-corrected chi connectivity index (χ2v) is 4.25. The Morgan fingerprint density at radius 1 is 1.24 bits per heavy atom. The molecule has 2 aromatic rings. The van der Waals surface area contributed by atoms with Crippen LogP contribution in [0.1, 0.15) is 10.4 Å². The van der Waals surface area contributed by atoms with E-state index in [2.05, 4.69) is 25.9 Å². The number of anilines is 1. The summed E-state index contributed by atoms with van der Waals surface area (Å²) in [4.78, 5) is 21.6. The predicted molar refractivity (Wildman–Crippen MR) is 68.9 cm³/mol. The van der Waals surface area contributed by atoms with Gasteiger partial charge in [-0.3, -0.25) is 9.78 Å². The molecule has 0 unspecified atom stereocenters. The van der Waals surface area contributed by atoms with E-state index in [1.54, 1.807) is 54.8 Å². The third-order valence-electron chi connectivity index (χ3n) is 2.33. The molecule has 1 amide bonds. The first-order valence-corrected chi connectivity index (χ1v) is 5.77. The molecule has 2 rings (SSSR count). The second-order valence-electron chi connectivity index (χ2n) is 3.44. The standard InChI is InChI=1S/C12H10BrN3O/c1-16(10-4-6-14-7-5-10)12(17)9-2-3-11(13)15-8-9/h2-8H,1H3. The maximum absolute atomic E-state index is 12.1. The van der Waals surface area contributed by atoms with E-state index in [0.29, 0.717) is 10.2 Å². The molecule has 0 saturated carbocycles. The maximum atomic E-state index is 12.1. The Labute approximate surface area is 107 Å². The zero-order valence-electron chi connectivity index (χ0n) is 9.17. The summed E-state index contributed by atoms with van der Waals surface area (Å²) >= 11 is 3.23. The Balaban J connectivity index is 2.23. The van der Waals surface area contributed by atoms with Crippen LogP contribution in [0, 0.1) is 0 Å². The van der Waals surface area contributed by atoms with Crippen LogP contribution in [0.25, 0.3) is 0 Å². The normalized spacial score (nSPS) is 10.0. The van der Waals surface area contributed by atoms with Crippen LogP contribution in [0.3, 0.4) is 0 Å². The molecule has 0 N–H and O–H groups in total. The zero-order chi connectivity index (χ0) is 12.3. The Kier molecular flexibility index (Phi) is 3.49. The minimum atomic E-state index is -0.101. The first kappa shape index (κ1) is 11.7. The molecule has 86 valence electrons. The minimum absolute atomic E-state index is 0.101. The van der Waals surface area contributed by atoms with E-state index in [9.17, 15) is 4.79 Å². The SMILES string of the molecule is CN(C(=O)c1ccc(Br)nc1)c1ccncc1. The van der Waals surface area contributed by atoms with Crippen molar-refractivity contribution in [1.82, 2.24) is 9.97 Å². The lowest BCUT2D eigenvalue weighted by atomic mass is 10.2. The molecule has 0 radical (unpaired) electrons. The minimum Gasteiger partial charge on any atom is -0.311 e. The Morgan fingerprint density at radius 3 is 2.53 bits per heavy atom. The van der Waals surface area contributed by atoms with Gasteiger partial charge in [-0.2, -0.15) is 0 Å². The zero-order valence-corrected chi connectivity index (χ0v) is 10.8. The van der Waals surface area contributed by atoms with Gasteiger partial charge in [0.15, 0.2) is 0 Å². The van der Waals surface area contributed by atoms with Crippen LogP contribution in [0.4, 0.5) is 5.69 Å². The van der Waals surface area contributed by atoms with Crippen LogP contribution >= 0.6 is 15.9 Å². The fourth-order valence-corrected chi connectivity index (χ4v) is 1.62. The fourth-order valence-electron chi connectivity index (χ4n) is 1.38. The summed E-state index contributed by atoms with van der Waals surface area (Å²) in [6.07, 6.45) is 4.85. The lowest BCUT2D eigenvalue weighted by molar-refractivity contribution is 0.0992. The van der Waals surface area contributed by atoms with Gasteiger partial charge in [-0.25, -0.2) is 4.98 Å². The van der Waals surface area contributed by atoms with Crippen molar-refractivity contribution in [2.24, 2.45) is 0 Å². The van der Waals surface area contributed by atoms with Gasteiger partial charge in [0.2, 0.25) is 0 Å². The summed E-state index contributed by atoms with van der Waals surface area (Å²) in [6, 6.07) is 7.04. The maximum Gasteiger partial charge on any atom is 0.259 e. The van der Waals surface area contributed by atoms with Gasteiger partial charge in [0, 0.05) is 31.3 Å². The molecule has 0 atom stereocenters. The lowest BCUT2D eigenvalue weighted by Gasteiger charge is -2.16. The number of nitrogens with zero attached hydrogens (tertiary/aromatic N) is 3. The number of carbonyl (C=O) groups is 1. The molecule has 4 nitrogen and oxygen atoms in total. The molecule has 0 aliphatic carbocycles. The van der Waals surface area contributed by atoms with Crippen molar-refractivity contribution < 1.29 is 4.79 Å². The van der Waals surface area contributed by atoms with E-state index in [4.69, 9.17) is 0 Å². The molecule has 0 aliphatic heterocycles. The molecule has 17 heavy (non-hydrogen) atoms. The van der Waals surface area contributed by atoms with Crippen LogP contribution in [-0.2, 0) is 0 Å². The fraction of sp³-hybridized carbons (Fsp3) is 0.0833. The average molecular weight is 292 g/mol. The summed E-state index contributed by atoms with van der Waals surface area (Å²) in [5.74, 6) is -0.101. The van der Waals surface area contributed by atoms with Gasteiger partial charge < -0.3 is 4.90 Å². The van der Waals surface area contributed by atoms with Gasteiger partial charge in [-0.1, -0.05) is 0 Å². The third-order valence-corrected chi connectivity index (χ3v) is 2.80. The first-order chi connectivity index (χ1) is 8.18. The number of pyridine rings is 2. The first-order valence-electron chi connectivity index (χ1n) is 4.98. The molecule has 0 bridgehead atoms. The molecule has 0 spiro atoms. The molecular weight excluding hydrogens is 282 g/mol. The summed E-state index contributed by atoms with van der Waals surface area (Å²) in [5, 5.41) is 0. The smallest absolute Gasteiger partial charge is 0.259 e. The van der Waals surface area contributed by atoms with Crippen LogP contribution in [0.5, 0.6) is 0 Å². The van der Waals surface area contributed by atoms with Crippen LogP contribution in [0.2, 0.25) is 0 Å². The number of halogens is 1. The van der Waals surface area contributed by atoms with Crippen molar-refractivity contribution >= 4 is 27.5 Å². The number of rotatable bonds is 2. The van der Waals surface area contributed by atoms with Gasteiger partial charge in [0.1, 0.15) is 4.60 Å². The van der Waals surface area contributed by atoms with E-state index in [1.807, 2.05) is 0 Å². The number of aromatic nitrogens is 2. The summed E-state index contributed by atoms with van der Waals surface area (Å²) in [6.45, 7) is 0. The van der Waals surface area contributed by atoms with E-state index in [0.717, 1.165) is 5.69 Å². The summed E-state index contributed by atoms with van der Waals surface area (Å²) in [5.41, 5.74) is 1.35. The van der Waals surface area contributed by atoms with Crippen molar-refractivity contribution in [3.63, 3.8) is 0 Å². The molecule has 2 aromatic heterocycles. The monoisotopic (exact) mass is 291 g/mol. The lowest BCUT2D eigenvalue weighted by Crippen LogP contribution is -2.26. The van der Waals surface area contributed by atoms with Gasteiger partial charge in [0.05, 0.1) is 5.56 Å². The van der Waals surface area contributed by atoms with Crippen molar-refractivity contribution in [2.45, 2.75) is 0 Å². The van der Waals surface area contributed by atoms with Gasteiger partial charge in [-0.15, -0.1) is 0 Å². The molecule has 0 fully saturated rings. The van der Waals surface area contributed by atoms with E-state index < -0.39 is 0 Å². The quantitative estimate of drug-likeness (QED) is 0.799. The molecule has 0 aliphatic rings. The Bertz CT molecular complexity index is 513. The van der Waals surface area contributed by atoms with Crippen molar-refractivity contribution in [3.8, 4) is 0 Å². The number of hydrogen-bond donors (Lipinski definition) is 0. The highest BCUT2D eigenvalue weighted by molar-refractivity contribution is 9.10. The molecule has 2 heterocycles. The average Bonchev–Trinajstić information content (AvgIpc) is 2.39. The van der Waals surface area contributed by atoms with Crippen LogP contribution in [-0.4, -0.2) is 22.9 Å². The highest BCUT2D eigenvalue weighted by Crippen LogP contribution is 2.14. The highest BCUT2D eigenvalue weighted by Gasteiger charge is 2.13. The van der Waals surface area contributed by atoms with Gasteiger partial charge >= 0.3 is 0 Å². The third kappa shape index (κ3) is 2.68. The van der Waals surface area contributed by atoms with Crippen LogP contribution in [0.15, 0.2) is 47.5 Å². The second kappa shape index (κ2) is 5.05. The molecule has 0 saturated heterocycles. The molecule has 5 heteroatoms. The van der Waals surface area contributed by atoms with Crippen LogP contribution < -0.4 is 4.90 Å². The van der Waals surface area contributed by atoms with Gasteiger partial charge in [-0.05, 0) is 40.2 Å². The van der Waals surface area contributed by atoms with E-state index >= 15 is 0 Å². The topological polar surface area (TPSA) is 46.1 Å². The molecule has 0 aromatic carbocycles. The molecular formula is C12H10BrN3O. The Morgan fingerprint density at radius 2 is 1.94 bits per heavy atom. The van der Waals surface area contributed by atoms with Crippen molar-refractivity contribution in [2.75, 3.05) is 11.9 Å². The summed E-state index contributed by atoms with van der Waals surface area (Å²) < 4.78 is 0.709. The number of amides is 1.